The van der Waals surface area contributed by atoms with Gasteiger partial charge in [0, 0.05) is 13.1 Å². The van der Waals surface area contributed by atoms with Crippen molar-refractivity contribution >= 4 is 12.0 Å². The van der Waals surface area contributed by atoms with Gasteiger partial charge in [0.15, 0.2) is 0 Å². The molecule has 1 saturated heterocycles. The van der Waals surface area contributed by atoms with E-state index in [1.54, 1.807) is 17.1 Å². The summed E-state index contributed by atoms with van der Waals surface area (Å²) in [4.78, 5) is 27.1. The lowest BCUT2D eigenvalue weighted by molar-refractivity contribution is -0.140. The van der Waals surface area contributed by atoms with Crippen molar-refractivity contribution in [3.63, 3.8) is 0 Å². The molecule has 1 fully saturated rings. The zero-order chi connectivity index (χ0) is 14.7. The van der Waals surface area contributed by atoms with Crippen molar-refractivity contribution < 1.29 is 14.7 Å². The fraction of sp³-hybridized carbons (Fsp3) is 0.714. The van der Waals surface area contributed by atoms with Gasteiger partial charge in [-0.25, -0.2) is 4.79 Å². The molecular weight excluding hydrogens is 258 g/mol. The van der Waals surface area contributed by atoms with Gasteiger partial charge in [-0.05, 0) is 39.4 Å². The zero-order valence-corrected chi connectivity index (χ0v) is 12.1. The maximum atomic E-state index is 12.2. The van der Waals surface area contributed by atoms with E-state index in [1.165, 1.54) is 0 Å². The first-order valence-electron chi connectivity index (χ1n) is 7.10. The van der Waals surface area contributed by atoms with E-state index in [2.05, 4.69) is 17.3 Å². The molecule has 0 aromatic heterocycles. The summed E-state index contributed by atoms with van der Waals surface area (Å²) >= 11 is 0. The summed E-state index contributed by atoms with van der Waals surface area (Å²) in [6, 6.07) is -0.00981. The SMILES string of the molecule is CN1CCC(N(C)C(=O)NC2C=CC(C(=O)O)C2)CC1. The minimum atomic E-state index is -0.832. The largest absolute Gasteiger partial charge is 0.481 e. The number of carbonyl (C=O) groups excluding carboxylic acids is 1. The number of carboxylic acids is 1. The maximum absolute atomic E-state index is 12.2. The Morgan fingerprint density at radius 1 is 1.30 bits per heavy atom. The highest BCUT2D eigenvalue weighted by atomic mass is 16.4. The first-order chi connectivity index (χ1) is 9.47. The van der Waals surface area contributed by atoms with E-state index in [0.29, 0.717) is 6.42 Å². The molecule has 6 nitrogen and oxygen atoms in total. The molecule has 6 heteroatoms. The lowest BCUT2D eigenvalue weighted by Crippen LogP contribution is -2.50. The van der Waals surface area contributed by atoms with Gasteiger partial charge >= 0.3 is 12.0 Å². The predicted octanol–water partition coefficient (Wildman–Crippen LogP) is 0.751. The summed E-state index contributed by atoms with van der Waals surface area (Å²) in [6.45, 7) is 2.01. The van der Waals surface area contributed by atoms with Gasteiger partial charge in [-0.15, -0.1) is 0 Å². The van der Waals surface area contributed by atoms with Crippen molar-refractivity contribution in [2.24, 2.45) is 5.92 Å². The minimum absolute atomic E-state index is 0.111. The monoisotopic (exact) mass is 281 g/mol. The van der Waals surface area contributed by atoms with Crippen LogP contribution in [0.3, 0.4) is 0 Å². The Bertz CT molecular complexity index is 402. The number of carbonyl (C=O) groups is 2. The van der Waals surface area contributed by atoms with Gasteiger partial charge < -0.3 is 20.2 Å². The second-order valence-corrected chi connectivity index (χ2v) is 5.77. The fourth-order valence-corrected chi connectivity index (χ4v) is 2.80. The number of hydrogen-bond acceptors (Lipinski definition) is 3. The third-order valence-electron chi connectivity index (χ3n) is 4.27. The molecule has 1 aliphatic heterocycles. The number of nitrogens with zero attached hydrogens (tertiary/aromatic N) is 2. The number of amides is 2. The molecule has 112 valence electrons. The molecule has 1 heterocycles. The Hall–Kier alpha value is -1.56. The van der Waals surface area contributed by atoms with E-state index in [-0.39, 0.29) is 18.1 Å². The van der Waals surface area contributed by atoms with Crippen LogP contribution in [0.15, 0.2) is 12.2 Å². The van der Waals surface area contributed by atoms with E-state index in [4.69, 9.17) is 5.11 Å². The first-order valence-corrected chi connectivity index (χ1v) is 7.10. The van der Waals surface area contributed by atoms with Crippen LogP contribution in [-0.4, -0.2) is 66.2 Å². The molecule has 2 unspecified atom stereocenters. The van der Waals surface area contributed by atoms with Crippen LogP contribution in [0.2, 0.25) is 0 Å². The van der Waals surface area contributed by atoms with Crippen LogP contribution in [0.5, 0.6) is 0 Å². The van der Waals surface area contributed by atoms with Crippen molar-refractivity contribution in [2.75, 3.05) is 27.2 Å². The van der Waals surface area contributed by atoms with Crippen LogP contribution in [0.1, 0.15) is 19.3 Å². The van der Waals surface area contributed by atoms with E-state index in [9.17, 15) is 9.59 Å². The van der Waals surface area contributed by atoms with Crippen molar-refractivity contribution in [1.82, 2.24) is 15.1 Å². The van der Waals surface area contributed by atoms with Crippen LogP contribution < -0.4 is 5.32 Å². The minimum Gasteiger partial charge on any atom is -0.481 e. The molecule has 0 saturated carbocycles. The Morgan fingerprint density at radius 3 is 2.50 bits per heavy atom. The number of urea groups is 1. The van der Waals surface area contributed by atoms with Gasteiger partial charge in [0.25, 0.3) is 0 Å². The van der Waals surface area contributed by atoms with Crippen molar-refractivity contribution in [2.45, 2.75) is 31.3 Å². The van der Waals surface area contributed by atoms with E-state index in [0.717, 1.165) is 25.9 Å². The molecule has 2 amide bonds. The number of hydrogen-bond donors (Lipinski definition) is 2. The van der Waals surface area contributed by atoms with E-state index in [1.807, 2.05) is 7.05 Å². The summed E-state index contributed by atoms with van der Waals surface area (Å²) in [5.74, 6) is -1.31. The lowest BCUT2D eigenvalue weighted by atomic mass is 10.0. The highest BCUT2D eigenvalue weighted by Gasteiger charge is 2.28. The number of carboxylic acid groups (broad SMARTS) is 1. The quantitative estimate of drug-likeness (QED) is 0.749. The van der Waals surface area contributed by atoms with Crippen molar-refractivity contribution in [1.29, 1.82) is 0 Å². The molecule has 2 atom stereocenters. The maximum Gasteiger partial charge on any atom is 0.317 e. The third kappa shape index (κ3) is 3.50. The highest BCUT2D eigenvalue weighted by Crippen LogP contribution is 2.19. The lowest BCUT2D eigenvalue weighted by Gasteiger charge is -2.35. The average molecular weight is 281 g/mol. The van der Waals surface area contributed by atoms with Crippen LogP contribution in [0.4, 0.5) is 4.79 Å². The Kier molecular flexibility index (Phi) is 4.65. The molecule has 20 heavy (non-hydrogen) atoms. The standard InChI is InChI=1S/C14H23N3O3/c1-16-7-5-12(6-8-16)17(2)14(20)15-11-4-3-10(9-11)13(18)19/h3-4,10-12H,5-9H2,1-2H3,(H,15,20)(H,18,19). The molecule has 0 spiro atoms. The number of nitrogens with one attached hydrogen (secondary N) is 1. The first kappa shape index (κ1) is 14.8. The second-order valence-electron chi connectivity index (χ2n) is 5.77. The van der Waals surface area contributed by atoms with E-state index >= 15 is 0 Å². The molecule has 0 aromatic rings. The van der Waals surface area contributed by atoms with Gasteiger partial charge in [0.1, 0.15) is 0 Å². The van der Waals surface area contributed by atoms with Crippen LogP contribution in [0.25, 0.3) is 0 Å². The fourth-order valence-electron chi connectivity index (χ4n) is 2.80. The summed E-state index contributed by atoms with van der Waals surface area (Å²) in [5, 5.41) is 11.8. The Labute approximate surface area is 119 Å². The summed E-state index contributed by atoms with van der Waals surface area (Å²) in [6.07, 6.45) is 5.85. The molecule has 2 aliphatic rings. The van der Waals surface area contributed by atoms with Gasteiger partial charge in [0.2, 0.25) is 0 Å². The van der Waals surface area contributed by atoms with Crippen LogP contribution >= 0.6 is 0 Å². The van der Waals surface area contributed by atoms with Gasteiger partial charge in [-0.1, -0.05) is 12.2 Å². The summed E-state index contributed by atoms with van der Waals surface area (Å²) in [5.41, 5.74) is 0. The van der Waals surface area contributed by atoms with Gasteiger partial charge in [-0.2, -0.15) is 0 Å². The topological polar surface area (TPSA) is 72.9 Å². The Balaban J connectivity index is 1.80. The van der Waals surface area contributed by atoms with Crippen LogP contribution in [0, 0.1) is 5.92 Å². The number of rotatable bonds is 3. The van der Waals surface area contributed by atoms with Crippen LogP contribution in [-0.2, 0) is 4.79 Å². The molecule has 2 N–H and O–H groups in total. The normalized spacial score (nSPS) is 27.5. The summed E-state index contributed by atoms with van der Waals surface area (Å²) < 4.78 is 0. The molecular formula is C14H23N3O3. The zero-order valence-electron chi connectivity index (χ0n) is 12.1. The number of likely N-dealkylation sites (tertiary alicyclic amines) is 1. The molecule has 0 aromatic carbocycles. The van der Waals surface area contributed by atoms with Gasteiger partial charge in [0.05, 0.1) is 12.0 Å². The number of aliphatic carboxylic acids is 1. The van der Waals surface area contributed by atoms with Gasteiger partial charge in [-0.3, -0.25) is 4.79 Å². The second kappa shape index (κ2) is 6.26. The molecule has 0 radical (unpaired) electrons. The summed E-state index contributed by atoms with van der Waals surface area (Å²) in [7, 11) is 3.91. The third-order valence-corrected chi connectivity index (χ3v) is 4.27. The number of piperidine rings is 1. The van der Waals surface area contributed by atoms with E-state index < -0.39 is 11.9 Å². The van der Waals surface area contributed by atoms with Crippen molar-refractivity contribution in [3.8, 4) is 0 Å². The Morgan fingerprint density at radius 2 is 1.95 bits per heavy atom. The molecule has 0 bridgehead atoms. The average Bonchev–Trinajstić information content (AvgIpc) is 2.87. The van der Waals surface area contributed by atoms with Crippen molar-refractivity contribution in [3.05, 3.63) is 12.2 Å². The predicted molar refractivity (Wildman–Crippen MR) is 75.5 cm³/mol. The molecule has 1 aliphatic carbocycles. The highest BCUT2D eigenvalue weighted by molar-refractivity contribution is 5.76. The smallest absolute Gasteiger partial charge is 0.317 e. The molecule has 2 rings (SSSR count).